The van der Waals surface area contributed by atoms with Gasteiger partial charge in [0.2, 0.25) is 5.91 Å². The lowest BCUT2D eigenvalue weighted by atomic mass is 9.99. The third-order valence-electron chi connectivity index (χ3n) is 3.20. The van der Waals surface area contributed by atoms with E-state index in [-0.39, 0.29) is 5.60 Å². The van der Waals surface area contributed by atoms with E-state index >= 15 is 0 Å². The molecule has 2 rings (SSSR count). The number of nitrogens with one attached hydrogen (secondary N) is 1. The molecule has 0 saturated carbocycles. The molecule has 4 nitrogen and oxygen atoms in total. The average molecular weight is 234 g/mol. The second-order valence-corrected chi connectivity index (χ2v) is 4.85. The average Bonchev–Trinajstić information content (AvgIpc) is 2.24. The highest BCUT2D eigenvalue weighted by atomic mass is 16.5. The van der Waals surface area contributed by atoms with Crippen LogP contribution in [0.25, 0.3) is 0 Å². The van der Waals surface area contributed by atoms with Crippen molar-refractivity contribution in [2.45, 2.75) is 26.1 Å². The molecular formula is C13H18N2O2. The highest BCUT2D eigenvalue weighted by Crippen LogP contribution is 2.19. The Labute approximate surface area is 101 Å². The molecule has 0 unspecified atom stereocenters. The summed E-state index contributed by atoms with van der Waals surface area (Å²) in [6.45, 7) is 6.42. The number of nitrogens with two attached hydrogens (primary N) is 1. The quantitative estimate of drug-likeness (QED) is 0.816. The Balaban J connectivity index is 2.03. The van der Waals surface area contributed by atoms with Crippen molar-refractivity contribution in [2.24, 2.45) is 5.73 Å². The summed E-state index contributed by atoms with van der Waals surface area (Å²) in [5, 5.41) is 3.19. The molecule has 1 aromatic carbocycles. The number of rotatable bonds is 4. The Kier molecular flexibility index (Phi) is 3.17. The summed E-state index contributed by atoms with van der Waals surface area (Å²) in [7, 11) is 0. The predicted molar refractivity (Wildman–Crippen MR) is 65.8 cm³/mol. The van der Waals surface area contributed by atoms with E-state index in [1.54, 1.807) is 6.07 Å². The number of carbonyl (C=O) groups is 1. The lowest BCUT2D eigenvalue weighted by Crippen LogP contribution is -2.58. The van der Waals surface area contributed by atoms with Gasteiger partial charge in [-0.05, 0) is 37.1 Å². The fourth-order valence-electron chi connectivity index (χ4n) is 1.84. The molecule has 0 radical (unpaired) electrons. The minimum absolute atomic E-state index is 0.0468. The first kappa shape index (κ1) is 12.1. The third kappa shape index (κ3) is 2.65. The molecule has 1 fully saturated rings. The van der Waals surface area contributed by atoms with E-state index in [0.29, 0.717) is 12.2 Å². The SMILES string of the molecule is Cc1cc(C(N)=O)ccc1COC1(C)CNC1. The van der Waals surface area contributed by atoms with E-state index < -0.39 is 5.91 Å². The minimum atomic E-state index is -0.393. The van der Waals surface area contributed by atoms with Crippen LogP contribution in [0.5, 0.6) is 0 Å². The largest absolute Gasteiger partial charge is 0.368 e. The molecular weight excluding hydrogens is 216 g/mol. The van der Waals surface area contributed by atoms with Gasteiger partial charge in [0.15, 0.2) is 0 Å². The first-order valence-electron chi connectivity index (χ1n) is 5.74. The van der Waals surface area contributed by atoms with Crippen molar-refractivity contribution in [1.29, 1.82) is 0 Å². The fraction of sp³-hybridized carbons (Fsp3) is 0.462. The predicted octanol–water partition coefficient (Wildman–Crippen LogP) is 0.972. The molecule has 0 spiro atoms. The number of carbonyl (C=O) groups excluding carboxylic acids is 1. The molecule has 0 atom stereocenters. The topological polar surface area (TPSA) is 64.4 Å². The Hall–Kier alpha value is -1.39. The zero-order chi connectivity index (χ0) is 12.5. The normalized spacial score (nSPS) is 17.5. The van der Waals surface area contributed by atoms with Crippen LogP contribution >= 0.6 is 0 Å². The summed E-state index contributed by atoms with van der Waals surface area (Å²) in [6.07, 6.45) is 0. The van der Waals surface area contributed by atoms with E-state index in [4.69, 9.17) is 10.5 Å². The molecule has 0 aromatic heterocycles. The van der Waals surface area contributed by atoms with Gasteiger partial charge in [-0.25, -0.2) is 0 Å². The van der Waals surface area contributed by atoms with Crippen LogP contribution in [-0.4, -0.2) is 24.6 Å². The summed E-state index contributed by atoms with van der Waals surface area (Å²) in [5.74, 6) is -0.393. The number of hydrogen-bond acceptors (Lipinski definition) is 3. The van der Waals surface area contributed by atoms with Gasteiger partial charge < -0.3 is 15.8 Å². The highest BCUT2D eigenvalue weighted by Gasteiger charge is 2.32. The van der Waals surface area contributed by atoms with Gasteiger partial charge in [-0.2, -0.15) is 0 Å². The molecule has 1 saturated heterocycles. The van der Waals surface area contributed by atoms with Gasteiger partial charge in [-0.1, -0.05) is 6.07 Å². The van der Waals surface area contributed by atoms with Crippen LogP contribution in [0.1, 0.15) is 28.4 Å². The maximum absolute atomic E-state index is 11.0. The van der Waals surface area contributed by atoms with Gasteiger partial charge in [0, 0.05) is 18.7 Å². The molecule has 1 aliphatic rings. The molecule has 0 bridgehead atoms. The summed E-state index contributed by atoms with van der Waals surface area (Å²) in [4.78, 5) is 11.0. The maximum Gasteiger partial charge on any atom is 0.248 e. The van der Waals surface area contributed by atoms with Crippen molar-refractivity contribution in [3.63, 3.8) is 0 Å². The van der Waals surface area contributed by atoms with Crippen molar-refractivity contribution >= 4 is 5.91 Å². The summed E-state index contributed by atoms with van der Waals surface area (Å²) in [6, 6.07) is 5.46. The minimum Gasteiger partial charge on any atom is -0.368 e. The number of hydrogen-bond donors (Lipinski definition) is 2. The summed E-state index contributed by atoms with van der Waals surface area (Å²) in [5.41, 5.74) is 7.86. The van der Waals surface area contributed by atoms with Crippen LogP contribution in [0.3, 0.4) is 0 Å². The van der Waals surface area contributed by atoms with Gasteiger partial charge in [-0.3, -0.25) is 4.79 Å². The zero-order valence-electron chi connectivity index (χ0n) is 10.2. The first-order valence-corrected chi connectivity index (χ1v) is 5.74. The van der Waals surface area contributed by atoms with Crippen molar-refractivity contribution < 1.29 is 9.53 Å². The van der Waals surface area contributed by atoms with Gasteiger partial charge in [0.25, 0.3) is 0 Å². The molecule has 3 N–H and O–H groups in total. The summed E-state index contributed by atoms with van der Waals surface area (Å²) >= 11 is 0. The van der Waals surface area contributed by atoms with Crippen molar-refractivity contribution in [3.05, 3.63) is 34.9 Å². The van der Waals surface area contributed by atoms with Crippen LogP contribution in [0.4, 0.5) is 0 Å². The number of aryl methyl sites for hydroxylation is 1. The number of primary amides is 1. The van der Waals surface area contributed by atoms with E-state index in [0.717, 1.165) is 24.2 Å². The standard InChI is InChI=1S/C13H18N2O2/c1-9-5-10(12(14)16)3-4-11(9)6-17-13(2)7-15-8-13/h3-5,15H,6-8H2,1-2H3,(H2,14,16). The van der Waals surface area contributed by atoms with E-state index in [1.807, 2.05) is 19.1 Å². The number of benzene rings is 1. The Morgan fingerprint density at radius 2 is 2.24 bits per heavy atom. The molecule has 92 valence electrons. The number of amides is 1. The smallest absolute Gasteiger partial charge is 0.248 e. The molecule has 0 aliphatic carbocycles. The van der Waals surface area contributed by atoms with Crippen LogP contribution in [-0.2, 0) is 11.3 Å². The molecule has 1 aliphatic heterocycles. The second-order valence-electron chi connectivity index (χ2n) is 4.85. The van der Waals surface area contributed by atoms with Crippen LogP contribution in [0.2, 0.25) is 0 Å². The molecule has 17 heavy (non-hydrogen) atoms. The highest BCUT2D eigenvalue weighted by molar-refractivity contribution is 5.93. The summed E-state index contributed by atoms with van der Waals surface area (Å²) < 4.78 is 5.85. The van der Waals surface area contributed by atoms with Crippen LogP contribution in [0.15, 0.2) is 18.2 Å². The first-order chi connectivity index (χ1) is 8.00. The van der Waals surface area contributed by atoms with Crippen molar-refractivity contribution in [1.82, 2.24) is 5.32 Å². The van der Waals surface area contributed by atoms with E-state index in [1.165, 1.54) is 0 Å². The molecule has 4 heteroatoms. The third-order valence-corrected chi connectivity index (χ3v) is 3.20. The lowest BCUT2D eigenvalue weighted by molar-refractivity contribution is -0.0768. The second kappa shape index (κ2) is 4.47. The van der Waals surface area contributed by atoms with Gasteiger partial charge in [0.1, 0.15) is 0 Å². The van der Waals surface area contributed by atoms with Gasteiger partial charge in [-0.15, -0.1) is 0 Å². The lowest BCUT2D eigenvalue weighted by Gasteiger charge is -2.39. The fourth-order valence-corrected chi connectivity index (χ4v) is 1.84. The maximum atomic E-state index is 11.0. The zero-order valence-corrected chi connectivity index (χ0v) is 10.2. The van der Waals surface area contributed by atoms with E-state index in [9.17, 15) is 4.79 Å². The van der Waals surface area contributed by atoms with Gasteiger partial charge >= 0.3 is 0 Å². The Morgan fingerprint density at radius 1 is 1.53 bits per heavy atom. The molecule has 1 heterocycles. The number of ether oxygens (including phenoxy) is 1. The Bertz CT molecular complexity index is 439. The molecule has 1 aromatic rings. The monoisotopic (exact) mass is 234 g/mol. The van der Waals surface area contributed by atoms with Crippen molar-refractivity contribution in [2.75, 3.05) is 13.1 Å². The van der Waals surface area contributed by atoms with E-state index in [2.05, 4.69) is 12.2 Å². The van der Waals surface area contributed by atoms with Gasteiger partial charge in [0.05, 0.1) is 12.2 Å². The van der Waals surface area contributed by atoms with Crippen molar-refractivity contribution in [3.8, 4) is 0 Å². The molecule has 1 amide bonds. The van der Waals surface area contributed by atoms with Crippen LogP contribution in [0, 0.1) is 6.92 Å². The Morgan fingerprint density at radius 3 is 2.71 bits per heavy atom. The van der Waals surface area contributed by atoms with Crippen LogP contribution < -0.4 is 11.1 Å².